The fourth-order valence-corrected chi connectivity index (χ4v) is 1.56. The van der Waals surface area contributed by atoms with Crippen LogP contribution in [0.5, 0.6) is 0 Å². The SMILES string of the molecule is CC(C)CC(=O)NCc1ccc(N(C)C)cc1. The fourth-order valence-electron chi connectivity index (χ4n) is 1.56. The van der Waals surface area contributed by atoms with Crippen molar-refractivity contribution in [2.24, 2.45) is 5.92 Å². The molecule has 94 valence electrons. The Kier molecular flexibility index (Phi) is 5.01. The van der Waals surface area contributed by atoms with Crippen molar-refractivity contribution in [2.75, 3.05) is 19.0 Å². The van der Waals surface area contributed by atoms with E-state index in [4.69, 9.17) is 0 Å². The summed E-state index contributed by atoms with van der Waals surface area (Å²) in [5, 5.41) is 2.93. The van der Waals surface area contributed by atoms with E-state index in [0.717, 1.165) is 5.56 Å². The van der Waals surface area contributed by atoms with E-state index in [1.807, 2.05) is 40.1 Å². The second-order valence-electron chi connectivity index (χ2n) is 4.94. The summed E-state index contributed by atoms with van der Waals surface area (Å²) < 4.78 is 0. The van der Waals surface area contributed by atoms with Gasteiger partial charge >= 0.3 is 0 Å². The second kappa shape index (κ2) is 6.28. The second-order valence-corrected chi connectivity index (χ2v) is 4.94. The number of carbonyl (C=O) groups excluding carboxylic acids is 1. The lowest BCUT2D eigenvalue weighted by Gasteiger charge is -2.13. The normalized spacial score (nSPS) is 10.4. The third-order valence-corrected chi connectivity index (χ3v) is 2.54. The summed E-state index contributed by atoms with van der Waals surface area (Å²) in [7, 11) is 4.03. The zero-order valence-electron chi connectivity index (χ0n) is 11.2. The van der Waals surface area contributed by atoms with Crippen LogP contribution in [-0.2, 0) is 11.3 Å². The number of nitrogens with zero attached hydrogens (tertiary/aromatic N) is 1. The minimum atomic E-state index is 0.122. The highest BCUT2D eigenvalue weighted by Gasteiger charge is 2.04. The molecule has 0 bridgehead atoms. The first-order valence-corrected chi connectivity index (χ1v) is 6.02. The molecule has 0 saturated heterocycles. The van der Waals surface area contributed by atoms with Crippen LogP contribution >= 0.6 is 0 Å². The maximum Gasteiger partial charge on any atom is 0.220 e. The third-order valence-electron chi connectivity index (χ3n) is 2.54. The van der Waals surface area contributed by atoms with Gasteiger partial charge in [-0.25, -0.2) is 0 Å². The summed E-state index contributed by atoms with van der Waals surface area (Å²) in [6, 6.07) is 8.21. The molecule has 1 N–H and O–H groups in total. The molecule has 0 heterocycles. The van der Waals surface area contributed by atoms with Crippen LogP contribution in [0.2, 0.25) is 0 Å². The van der Waals surface area contributed by atoms with Gasteiger partial charge in [-0.15, -0.1) is 0 Å². The largest absolute Gasteiger partial charge is 0.378 e. The topological polar surface area (TPSA) is 32.3 Å². The van der Waals surface area contributed by atoms with Gasteiger partial charge in [0.25, 0.3) is 0 Å². The van der Waals surface area contributed by atoms with E-state index in [0.29, 0.717) is 18.9 Å². The third kappa shape index (κ3) is 4.89. The van der Waals surface area contributed by atoms with E-state index < -0.39 is 0 Å². The predicted molar refractivity (Wildman–Crippen MR) is 72.1 cm³/mol. The van der Waals surface area contributed by atoms with Gasteiger partial charge in [-0.2, -0.15) is 0 Å². The van der Waals surface area contributed by atoms with Crippen LogP contribution in [0.4, 0.5) is 5.69 Å². The number of carbonyl (C=O) groups is 1. The van der Waals surface area contributed by atoms with Gasteiger partial charge in [0.2, 0.25) is 5.91 Å². The lowest BCUT2D eigenvalue weighted by Crippen LogP contribution is -2.23. The van der Waals surface area contributed by atoms with Crippen LogP contribution in [0.1, 0.15) is 25.8 Å². The highest BCUT2D eigenvalue weighted by atomic mass is 16.1. The first-order chi connectivity index (χ1) is 7.99. The van der Waals surface area contributed by atoms with Crippen LogP contribution in [0.15, 0.2) is 24.3 Å². The Morgan fingerprint density at radius 3 is 2.29 bits per heavy atom. The molecule has 3 heteroatoms. The molecule has 0 aliphatic heterocycles. The van der Waals surface area contributed by atoms with Gasteiger partial charge in [0.1, 0.15) is 0 Å². The molecule has 3 nitrogen and oxygen atoms in total. The molecule has 0 saturated carbocycles. The molecule has 1 aromatic carbocycles. The van der Waals surface area contributed by atoms with Gasteiger partial charge in [0.15, 0.2) is 0 Å². The Labute approximate surface area is 104 Å². The number of hydrogen-bond acceptors (Lipinski definition) is 2. The van der Waals surface area contributed by atoms with E-state index in [-0.39, 0.29) is 5.91 Å². The van der Waals surface area contributed by atoms with Crippen molar-refractivity contribution in [3.05, 3.63) is 29.8 Å². The number of anilines is 1. The monoisotopic (exact) mass is 234 g/mol. The predicted octanol–water partition coefficient (Wildman–Crippen LogP) is 2.41. The van der Waals surface area contributed by atoms with Crippen molar-refractivity contribution >= 4 is 11.6 Å². The first-order valence-electron chi connectivity index (χ1n) is 6.02. The maximum absolute atomic E-state index is 11.5. The molecule has 0 aliphatic rings. The lowest BCUT2D eigenvalue weighted by molar-refractivity contribution is -0.121. The smallest absolute Gasteiger partial charge is 0.220 e. The van der Waals surface area contributed by atoms with Crippen molar-refractivity contribution in [3.8, 4) is 0 Å². The molecule has 0 fully saturated rings. The van der Waals surface area contributed by atoms with Gasteiger partial charge < -0.3 is 10.2 Å². The molecule has 0 radical (unpaired) electrons. The van der Waals surface area contributed by atoms with Crippen LogP contribution < -0.4 is 10.2 Å². The van der Waals surface area contributed by atoms with E-state index in [1.54, 1.807) is 0 Å². The first kappa shape index (κ1) is 13.6. The van der Waals surface area contributed by atoms with Crippen molar-refractivity contribution in [1.82, 2.24) is 5.32 Å². The Morgan fingerprint density at radius 2 is 1.82 bits per heavy atom. The number of hydrogen-bond donors (Lipinski definition) is 1. The van der Waals surface area contributed by atoms with Gasteiger partial charge in [-0.05, 0) is 23.6 Å². The summed E-state index contributed by atoms with van der Waals surface area (Å²) >= 11 is 0. The van der Waals surface area contributed by atoms with E-state index in [9.17, 15) is 4.79 Å². The van der Waals surface area contributed by atoms with E-state index in [2.05, 4.69) is 22.3 Å². The van der Waals surface area contributed by atoms with Crippen molar-refractivity contribution < 1.29 is 4.79 Å². The number of rotatable bonds is 5. The summed E-state index contributed by atoms with van der Waals surface area (Å²) in [4.78, 5) is 13.5. The molecule has 1 amide bonds. The Balaban J connectivity index is 2.44. The van der Waals surface area contributed by atoms with Crippen LogP contribution in [-0.4, -0.2) is 20.0 Å². The molecule has 0 atom stereocenters. The Morgan fingerprint density at radius 1 is 1.24 bits per heavy atom. The summed E-state index contributed by atoms with van der Waals surface area (Å²) in [6.45, 7) is 4.70. The van der Waals surface area contributed by atoms with Gasteiger partial charge in [0, 0.05) is 32.7 Å². The molecule has 1 aromatic rings. The van der Waals surface area contributed by atoms with E-state index in [1.165, 1.54) is 5.69 Å². The minimum absolute atomic E-state index is 0.122. The van der Waals surface area contributed by atoms with Crippen LogP contribution in [0, 0.1) is 5.92 Å². The molecule has 1 rings (SSSR count). The molecule has 17 heavy (non-hydrogen) atoms. The van der Waals surface area contributed by atoms with Gasteiger partial charge in [0.05, 0.1) is 0 Å². The van der Waals surface area contributed by atoms with Gasteiger partial charge in [-0.1, -0.05) is 26.0 Å². The molecule has 0 aliphatic carbocycles. The molecular formula is C14H22N2O. The molecular weight excluding hydrogens is 212 g/mol. The van der Waals surface area contributed by atoms with E-state index >= 15 is 0 Å². The number of benzene rings is 1. The van der Waals surface area contributed by atoms with Crippen molar-refractivity contribution in [3.63, 3.8) is 0 Å². The lowest BCUT2D eigenvalue weighted by atomic mass is 10.1. The quantitative estimate of drug-likeness (QED) is 0.848. The van der Waals surface area contributed by atoms with Crippen LogP contribution in [0.25, 0.3) is 0 Å². The standard InChI is InChI=1S/C14H22N2O/c1-11(2)9-14(17)15-10-12-5-7-13(8-6-12)16(3)4/h5-8,11H,9-10H2,1-4H3,(H,15,17). The highest BCUT2D eigenvalue weighted by Crippen LogP contribution is 2.12. The Hall–Kier alpha value is -1.51. The highest BCUT2D eigenvalue weighted by molar-refractivity contribution is 5.76. The summed E-state index contributed by atoms with van der Waals surface area (Å²) in [5.41, 5.74) is 2.30. The van der Waals surface area contributed by atoms with Gasteiger partial charge in [-0.3, -0.25) is 4.79 Å². The van der Waals surface area contributed by atoms with Crippen LogP contribution in [0.3, 0.4) is 0 Å². The zero-order valence-corrected chi connectivity index (χ0v) is 11.2. The minimum Gasteiger partial charge on any atom is -0.378 e. The molecule has 0 unspecified atom stereocenters. The number of nitrogens with one attached hydrogen (secondary N) is 1. The van der Waals surface area contributed by atoms with Crippen molar-refractivity contribution in [2.45, 2.75) is 26.8 Å². The maximum atomic E-state index is 11.5. The average molecular weight is 234 g/mol. The molecule has 0 aromatic heterocycles. The number of amides is 1. The van der Waals surface area contributed by atoms with Crippen molar-refractivity contribution in [1.29, 1.82) is 0 Å². The molecule has 0 spiro atoms. The Bertz CT molecular complexity index is 355. The zero-order chi connectivity index (χ0) is 12.8. The summed E-state index contributed by atoms with van der Waals surface area (Å²) in [5.74, 6) is 0.530. The summed E-state index contributed by atoms with van der Waals surface area (Å²) in [6.07, 6.45) is 0.593. The fraction of sp³-hybridized carbons (Fsp3) is 0.500. The average Bonchev–Trinajstić information content (AvgIpc) is 2.26.